The average Bonchev–Trinajstić information content (AvgIpc) is 2.39. The Morgan fingerprint density at radius 2 is 1.67 bits per heavy atom. The second-order valence-corrected chi connectivity index (χ2v) is 4.64. The maximum atomic E-state index is 13.2. The van der Waals surface area contributed by atoms with Crippen LogP contribution in [0.25, 0.3) is 0 Å². The minimum Gasteiger partial charge on any atom is -0.384 e. The molecule has 0 heterocycles. The maximum absolute atomic E-state index is 13.2. The highest BCUT2D eigenvalue weighted by atomic mass is 19.4. The van der Waals surface area contributed by atoms with Gasteiger partial charge in [-0.2, -0.15) is 13.2 Å². The number of aliphatic hydroxyl groups excluding tert-OH is 1. The smallest absolute Gasteiger partial charge is 0.384 e. The Morgan fingerprint density at radius 1 is 1.00 bits per heavy atom. The fraction of sp³-hybridized carbons (Fsp3) is 0.200. The van der Waals surface area contributed by atoms with E-state index in [0.717, 1.165) is 12.1 Å². The number of halogens is 5. The van der Waals surface area contributed by atoms with E-state index in [0.29, 0.717) is 18.2 Å². The zero-order valence-electron chi connectivity index (χ0n) is 10.9. The lowest BCUT2D eigenvalue weighted by molar-refractivity contribution is -0.139. The monoisotopic (exact) mass is 302 g/mol. The first-order valence-corrected chi connectivity index (χ1v) is 6.01. The van der Waals surface area contributed by atoms with Crippen molar-refractivity contribution in [1.82, 2.24) is 0 Å². The molecule has 1 atom stereocenters. The van der Waals surface area contributed by atoms with Crippen molar-refractivity contribution in [1.29, 1.82) is 0 Å². The number of hydrogen-bond donors (Lipinski definition) is 1. The molecule has 0 bridgehead atoms. The van der Waals surface area contributed by atoms with Crippen LogP contribution in [-0.4, -0.2) is 5.11 Å². The minimum absolute atomic E-state index is 0.0602. The second-order valence-electron chi connectivity index (χ2n) is 4.64. The molecule has 112 valence electrons. The molecule has 1 N–H and O–H groups in total. The summed E-state index contributed by atoms with van der Waals surface area (Å²) in [4.78, 5) is 0. The molecule has 2 aromatic carbocycles. The molecule has 2 aromatic rings. The minimum atomic E-state index is -4.72. The van der Waals surface area contributed by atoms with E-state index in [1.807, 2.05) is 0 Å². The van der Waals surface area contributed by atoms with Crippen molar-refractivity contribution in [3.05, 3.63) is 70.3 Å². The zero-order chi connectivity index (χ0) is 15.8. The van der Waals surface area contributed by atoms with Crippen LogP contribution in [0.4, 0.5) is 22.0 Å². The summed E-state index contributed by atoms with van der Waals surface area (Å²) in [6.07, 6.45) is -6.42. The fourth-order valence-corrected chi connectivity index (χ4v) is 2.04. The highest BCUT2D eigenvalue weighted by Crippen LogP contribution is 2.37. The number of benzene rings is 2. The normalized spacial score (nSPS) is 13.3. The number of aryl methyl sites for hydroxylation is 1. The molecule has 0 fully saturated rings. The predicted molar refractivity (Wildman–Crippen MR) is 66.6 cm³/mol. The van der Waals surface area contributed by atoms with Gasteiger partial charge in [-0.15, -0.1) is 0 Å². The SMILES string of the molecule is Cc1cc(C(O)c2cc(F)ccc2C(F)(F)F)ccc1F. The molecule has 2 rings (SSSR count). The fourth-order valence-electron chi connectivity index (χ4n) is 2.04. The van der Waals surface area contributed by atoms with Crippen molar-refractivity contribution in [2.24, 2.45) is 0 Å². The van der Waals surface area contributed by atoms with E-state index in [-0.39, 0.29) is 11.1 Å². The lowest BCUT2D eigenvalue weighted by Crippen LogP contribution is -2.13. The Morgan fingerprint density at radius 3 is 2.24 bits per heavy atom. The molecular weight excluding hydrogens is 291 g/mol. The van der Waals surface area contributed by atoms with Crippen molar-refractivity contribution in [2.75, 3.05) is 0 Å². The quantitative estimate of drug-likeness (QED) is 0.817. The summed E-state index contributed by atoms with van der Waals surface area (Å²) in [5, 5.41) is 10.1. The Labute approximate surface area is 117 Å². The average molecular weight is 302 g/mol. The topological polar surface area (TPSA) is 20.2 Å². The van der Waals surface area contributed by atoms with Crippen LogP contribution in [0.3, 0.4) is 0 Å². The molecule has 0 radical (unpaired) electrons. The number of aliphatic hydroxyl groups is 1. The predicted octanol–water partition coefficient (Wildman–Crippen LogP) is 4.37. The molecule has 0 aliphatic carbocycles. The van der Waals surface area contributed by atoms with Crippen molar-refractivity contribution < 1.29 is 27.1 Å². The summed E-state index contributed by atoms with van der Waals surface area (Å²) >= 11 is 0. The van der Waals surface area contributed by atoms with Crippen LogP contribution in [0.15, 0.2) is 36.4 Å². The Kier molecular flexibility index (Phi) is 4.00. The molecule has 0 aliphatic rings. The van der Waals surface area contributed by atoms with Crippen LogP contribution >= 0.6 is 0 Å². The van der Waals surface area contributed by atoms with Crippen LogP contribution in [-0.2, 0) is 6.18 Å². The number of alkyl halides is 3. The van der Waals surface area contributed by atoms with Crippen molar-refractivity contribution >= 4 is 0 Å². The first kappa shape index (κ1) is 15.4. The molecule has 1 unspecified atom stereocenters. The van der Waals surface area contributed by atoms with Gasteiger partial charge >= 0.3 is 6.18 Å². The van der Waals surface area contributed by atoms with E-state index in [1.165, 1.54) is 13.0 Å². The summed E-state index contributed by atoms with van der Waals surface area (Å²) in [5.74, 6) is -1.43. The highest BCUT2D eigenvalue weighted by molar-refractivity contribution is 5.39. The standard InChI is InChI=1S/C15H11F5O/c1-8-6-9(2-5-13(8)17)14(21)11-7-10(16)3-4-12(11)15(18,19)20/h2-7,14,21H,1H3. The number of rotatable bonds is 2. The molecule has 0 saturated carbocycles. The molecule has 0 amide bonds. The third-order valence-corrected chi connectivity index (χ3v) is 3.11. The van der Waals surface area contributed by atoms with Gasteiger partial charge in [0.1, 0.15) is 17.7 Å². The van der Waals surface area contributed by atoms with E-state index >= 15 is 0 Å². The van der Waals surface area contributed by atoms with E-state index < -0.39 is 35.0 Å². The lowest BCUT2D eigenvalue weighted by atomic mass is 9.95. The van der Waals surface area contributed by atoms with Gasteiger partial charge in [-0.3, -0.25) is 0 Å². The summed E-state index contributed by atoms with van der Waals surface area (Å²) in [5.41, 5.74) is -1.49. The first-order chi connectivity index (χ1) is 9.70. The van der Waals surface area contributed by atoms with Gasteiger partial charge in [-0.05, 0) is 42.3 Å². The third kappa shape index (κ3) is 3.21. The lowest BCUT2D eigenvalue weighted by Gasteiger charge is -2.18. The Hall–Kier alpha value is -1.95. The van der Waals surface area contributed by atoms with E-state index in [2.05, 4.69) is 0 Å². The van der Waals surface area contributed by atoms with E-state index in [4.69, 9.17) is 0 Å². The van der Waals surface area contributed by atoms with Gasteiger partial charge in [0.15, 0.2) is 0 Å². The van der Waals surface area contributed by atoms with Crippen molar-refractivity contribution in [3.8, 4) is 0 Å². The van der Waals surface area contributed by atoms with Gasteiger partial charge in [0.25, 0.3) is 0 Å². The van der Waals surface area contributed by atoms with E-state index in [9.17, 15) is 27.1 Å². The summed E-state index contributed by atoms with van der Waals surface area (Å²) in [7, 11) is 0. The van der Waals surface area contributed by atoms with Gasteiger partial charge in [0, 0.05) is 5.56 Å². The summed E-state index contributed by atoms with van der Waals surface area (Å²) in [6, 6.07) is 5.31. The van der Waals surface area contributed by atoms with Gasteiger partial charge in [0.05, 0.1) is 5.56 Å². The van der Waals surface area contributed by atoms with Crippen molar-refractivity contribution in [2.45, 2.75) is 19.2 Å². The second kappa shape index (κ2) is 5.44. The zero-order valence-corrected chi connectivity index (χ0v) is 10.9. The molecule has 0 aliphatic heterocycles. The van der Waals surface area contributed by atoms with Crippen LogP contribution in [0.1, 0.15) is 28.4 Å². The maximum Gasteiger partial charge on any atom is 0.416 e. The van der Waals surface area contributed by atoms with E-state index in [1.54, 1.807) is 0 Å². The molecule has 0 aromatic heterocycles. The van der Waals surface area contributed by atoms with Gasteiger partial charge in [0.2, 0.25) is 0 Å². The van der Waals surface area contributed by atoms with Gasteiger partial charge in [-0.25, -0.2) is 8.78 Å². The Bertz CT molecular complexity index is 664. The highest BCUT2D eigenvalue weighted by Gasteiger charge is 2.35. The largest absolute Gasteiger partial charge is 0.416 e. The van der Waals surface area contributed by atoms with Gasteiger partial charge < -0.3 is 5.11 Å². The van der Waals surface area contributed by atoms with Crippen LogP contribution in [0.2, 0.25) is 0 Å². The van der Waals surface area contributed by atoms with Crippen molar-refractivity contribution in [3.63, 3.8) is 0 Å². The summed E-state index contributed by atoms with van der Waals surface area (Å²) in [6.45, 7) is 1.42. The number of hydrogen-bond acceptors (Lipinski definition) is 1. The van der Waals surface area contributed by atoms with Crippen LogP contribution in [0.5, 0.6) is 0 Å². The van der Waals surface area contributed by atoms with Crippen LogP contribution in [0, 0.1) is 18.6 Å². The third-order valence-electron chi connectivity index (χ3n) is 3.11. The molecule has 0 saturated heterocycles. The molecular formula is C15H11F5O. The summed E-state index contributed by atoms with van der Waals surface area (Å²) < 4.78 is 65.1. The molecule has 6 heteroatoms. The molecule has 1 nitrogen and oxygen atoms in total. The van der Waals surface area contributed by atoms with Crippen LogP contribution < -0.4 is 0 Å². The Balaban J connectivity index is 2.54. The van der Waals surface area contributed by atoms with Gasteiger partial charge in [-0.1, -0.05) is 12.1 Å². The first-order valence-electron chi connectivity index (χ1n) is 6.01. The molecule has 21 heavy (non-hydrogen) atoms. The molecule has 0 spiro atoms.